The highest BCUT2D eigenvalue weighted by molar-refractivity contribution is 9.10. The number of hydrogen-bond donors (Lipinski definition) is 0. The molecule has 0 radical (unpaired) electrons. The topological polar surface area (TPSA) is 26.3 Å². The third-order valence-corrected chi connectivity index (χ3v) is 4.27. The fourth-order valence-electron chi connectivity index (χ4n) is 2.37. The van der Waals surface area contributed by atoms with Crippen LogP contribution in [0.25, 0.3) is 6.08 Å². The molecule has 0 heterocycles. The van der Waals surface area contributed by atoms with Gasteiger partial charge in [0.25, 0.3) is 0 Å². The van der Waals surface area contributed by atoms with Crippen LogP contribution in [0.15, 0.2) is 59.1 Å². The van der Waals surface area contributed by atoms with Crippen LogP contribution in [0.5, 0.6) is 5.75 Å². The summed E-state index contributed by atoms with van der Waals surface area (Å²) in [6, 6.07) is 15.5. The number of unbranched alkanes of at least 4 members (excludes halogenated alkanes) is 3. The second-order valence-corrected chi connectivity index (χ2v) is 6.68. The van der Waals surface area contributed by atoms with Crippen molar-refractivity contribution >= 4 is 28.0 Å². The predicted molar refractivity (Wildman–Crippen MR) is 103 cm³/mol. The first-order valence-corrected chi connectivity index (χ1v) is 9.21. The Morgan fingerprint density at radius 1 is 1.00 bits per heavy atom. The molecule has 0 saturated carbocycles. The number of carbonyl (C=O) groups excluding carboxylic acids is 1. The molecule has 0 aliphatic carbocycles. The molecule has 0 amide bonds. The van der Waals surface area contributed by atoms with Crippen molar-refractivity contribution in [2.75, 3.05) is 0 Å². The van der Waals surface area contributed by atoms with Crippen LogP contribution in [0.1, 0.15) is 43.7 Å². The highest BCUT2D eigenvalue weighted by Crippen LogP contribution is 2.16. The molecular formula is C21H23BrO2. The van der Waals surface area contributed by atoms with Crippen molar-refractivity contribution in [1.82, 2.24) is 0 Å². The second-order valence-electron chi connectivity index (χ2n) is 5.76. The van der Waals surface area contributed by atoms with Crippen molar-refractivity contribution in [3.63, 3.8) is 0 Å². The van der Waals surface area contributed by atoms with Gasteiger partial charge in [-0.1, -0.05) is 66.4 Å². The van der Waals surface area contributed by atoms with Gasteiger partial charge in [0.1, 0.15) is 5.75 Å². The maximum Gasteiger partial charge on any atom is 0.336 e. The minimum absolute atomic E-state index is 0.367. The van der Waals surface area contributed by atoms with Gasteiger partial charge in [-0.25, -0.2) is 4.79 Å². The molecule has 0 fully saturated rings. The Kier molecular flexibility index (Phi) is 7.76. The quantitative estimate of drug-likeness (QED) is 0.234. The molecule has 0 aromatic heterocycles. The summed E-state index contributed by atoms with van der Waals surface area (Å²) in [6.45, 7) is 2.22. The zero-order valence-electron chi connectivity index (χ0n) is 14.0. The molecule has 0 saturated heterocycles. The second kappa shape index (κ2) is 10.1. The van der Waals surface area contributed by atoms with Gasteiger partial charge in [-0.2, -0.15) is 0 Å². The molecule has 2 nitrogen and oxygen atoms in total. The molecule has 0 atom stereocenters. The van der Waals surface area contributed by atoms with E-state index >= 15 is 0 Å². The van der Waals surface area contributed by atoms with Crippen molar-refractivity contribution in [1.29, 1.82) is 0 Å². The molecule has 0 aliphatic rings. The Morgan fingerprint density at radius 2 is 1.71 bits per heavy atom. The van der Waals surface area contributed by atoms with Crippen LogP contribution in [0.2, 0.25) is 0 Å². The maximum absolute atomic E-state index is 11.9. The fraction of sp³-hybridized carbons (Fsp3) is 0.286. The van der Waals surface area contributed by atoms with Crippen molar-refractivity contribution in [3.05, 3.63) is 70.2 Å². The van der Waals surface area contributed by atoms with E-state index in [4.69, 9.17) is 4.74 Å². The minimum Gasteiger partial charge on any atom is -0.423 e. The van der Waals surface area contributed by atoms with E-state index in [1.165, 1.54) is 37.3 Å². The van der Waals surface area contributed by atoms with Crippen molar-refractivity contribution in [2.24, 2.45) is 0 Å². The van der Waals surface area contributed by atoms with E-state index in [-0.39, 0.29) is 5.97 Å². The van der Waals surface area contributed by atoms with Crippen LogP contribution in [-0.4, -0.2) is 5.97 Å². The van der Waals surface area contributed by atoms with E-state index in [1.807, 2.05) is 48.5 Å². The predicted octanol–water partition coefficient (Wildman–Crippen LogP) is 6.19. The van der Waals surface area contributed by atoms with Gasteiger partial charge in [-0.05, 0) is 54.3 Å². The smallest absolute Gasteiger partial charge is 0.336 e. The van der Waals surface area contributed by atoms with E-state index in [2.05, 4.69) is 22.9 Å². The molecule has 0 spiro atoms. The minimum atomic E-state index is -0.367. The summed E-state index contributed by atoms with van der Waals surface area (Å²) in [6.07, 6.45) is 9.30. The Bertz CT molecular complexity index is 657. The third kappa shape index (κ3) is 6.71. The molecular weight excluding hydrogens is 364 g/mol. The first-order chi connectivity index (χ1) is 11.7. The molecule has 2 aromatic rings. The lowest BCUT2D eigenvalue weighted by atomic mass is 10.1. The molecule has 3 heteroatoms. The fourth-order valence-corrected chi connectivity index (χ4v) is 2.63. The van der Waals surface area contributed by atoms with Crippen LogP contribution in [0, 0.1) is 0 Å². The van der Waals surface area contributed by atoms with E-state index in [0.717, 1.165) is 16.5 Å². The van der Waals surface area contributed by atoms with Crippen molar-refractivity contribution in [3.8, 4) is 5.75 Å². The van der Waals surface area contributed by atoms with Gasteiger partial charge in [-0.15, -0.1) is 0 Å². The molecule has 0 unspecified atom stereocenters. The summed E-state index contributed by atoms with van der Waals surface area (Å²) in [5, 5.41) is 0. The molecule has 126 valence electrons. The first kappa shape index (κ1) is 18.5. The van der Waals surface area contributed by atoms with Crippen molar-refractivity contribution < 1.29 is 9.53 Å². The van der Waals surface area contributed by atoms with E-state index in [0.29, 0.717) is 5.75 Å². The maximum atomic E-state index is 11.9. The number of esters is 1. The number of benzene rings is 2. The normalized spacial score (nSPS) is 10.9. The lowest BCUT2D eigenvalue weighted by Crippen LogP contribution is -2.03. The Balaban J connectivity index is 1.82. The van der Waals surface area contributed by atoms with Gasteiger partial charge in [0.05, 0.1) is 0 Å². The van der Waals surface area contributed by atoms with Crippen LogP contribution >= 0.6 is 15.9 Å². The highest BCUT2D eigenvalue weighted by atomic mass is 79.9. The third-order valence-electron chi connectivity index (χ3n) is 3.74. The van der Waals surface area contributed by atoms with Crippen molar-refractivity contribution in [2.45, 2.75) is 39.0 Å². The molecule has 0 aliphatic heterocycles. The first-order valence-electron chi connectivity index (χ1n) is 8.42. The number of rotatable bonds is 8. The van der Waals surface area contributed by atoms with Gasteiger partial charge < -0.3 is 4.74 Å². The Labute approximate surface area is 152 Å². The monoisotopic (exact) mass is 386 g/mol. The number of carbonyl (C=O) groups is 1. The lowest BCUT2D eigenvalue weighted by molar-refractivity contribution is -0.128. The summed E-state index contributed by atoms with van der Waals surface area (Å²) in [5.41, 5.74) is 2.24. The number of aryl methyl sites for hydroxylation is 1. The molecule has 2 rings (SSSR count). The van der Waals surface area contributed by atoms with Crippen LogP contribution in [0.3, 0.4) is 0 Å². The SMILES string of the molecule is CCCCCCc1ccc(OC(=O)/C=C/c2ccc(Br)cc2)cc1. The van der Waals surface area contributed by atoms with Gasteiger partial charge in [0, 0.05) is 10.5 Å². The summed E-state index contributed by atoms with van der Waals surface area (Å²) < 4.78 is 6.33. The number of hydrogen-bond acceptors (Lipinski definition) is 2. The van der Waals surface area contributed by atoms with Gasteiger partial charge in [0.2, 0.25) is 0 Å². The van der Waals surface area contributed by atoms with E-state index in [9.17, 15) is 4.79 Å². The summed E-state index contributed by atoms with van der Waals surface area (Å²) in [5.74, 6) is 0.214. The summed E-state index contributed by atoms with van der Waals surface area (Å²) in [4.78, 5) is 11.9. The molecule has 0 N–H and O–H groups in total. The number of halogens is 1. The average Bonchev–Trinajstić information content (AvgIpc) is 2.60. The van der Waals surface area contributed by atoms with Crippen LogP contribution in [-0.2, 0) is 11.2 Å². The summed E-state index contributed by atoms with van der Waals surface area (Å²) in [7, 11) is 0. The van der Waals surface area contributed by atoms with Crippen LogP contribution < -0.4 is 4.74 Å². The highest BCUT2D eigenvalue weighted by Gasteiger charge is 2.01. The number of ether oxygens (including phenoxy) is 1. The average molecular weight is 387 g/mol. The van der Waals surface area contributed by atoms with Gasteiger partial charge in [-0.3, -0.25) is 0 Å². The zero-order valence-corrected chi connectivity index (χ0v) is 15.6. The molecule has 0 bridgehead atoms. The Morgan fingerprint density at radius 3 is 2.38 bits per heavy atom. The Hall–Kier alpha value is -1.87. The van der Waals surface area contributed by atoms with Crippen LogP contribution in [0.4, 0.5) is 0 Å². The largest absolute Gasteiger partial charge is 0.423 e. The molecule has 2 aromatic carbocycles. The van der Waals surface area contributed by atoms with Gasteiger partial charge >= 0.3 is 5.97 Å². The zero-order chi connectivity index (χ0) is 17.2. The summed E-state index contributed by atoms with van der Waals surface area (Å²) >= 11 is 3.38. The standard InChI is InChI=1S/C21H23BrO2/c1-2-3-4-5-6-17-9-14-20(15-10-17)24-21(23)16-11-18-7-12-19(22)13-8-18/h7-16H,2-6H2,1H3/b16-11+. The van der Waals surface area contributed by atoms with E-state index < -0.39 is 0 Å². The van der Waals surface area contributed by atoms with E-state index in [1.54, 1.807) is 6.08 Å². The molecule has 24 heavy (non-hydrogen) atoms. The van der Waals surface area contributed by atoms with Gasteiger partial charge in [0.15, 0.2) is 0 Å². The lowest BCUT2D eigenvalue weighted by Gasteiger charge is -2.04.